The van der Waals surface area contributed by atoms with Gasteiger partial charge in [0.1, 0.15) is 0 Å². The molecule has 0 N–H and O–H groups in total. The maximum Gasteiger partial charge on any atom is 0.460 e. The third-order valence-electron chi connectivity index (χ3n) is 4.44. The molecule has 0 unspecified atom stereocenters. The van der Waals surface area contributed by atoms with Crippen LogP contribution in [-0.4, -0.2) is 79.3 Å². The number of nitrogens with zero attached hydrogens (tertiary/aromatic N) is 1. The molecule has 0 saturated heterocycles. The topological polar surface area (TPSA) is 77.5 Å². The minimum absolute atomic E-state index is 0.217. The number of aliphatic carboxylic acids is 1. The van der Waals surface area contributed by atoms with Gasteiger partial charge in [-0.15, -0.1) is 0 Å². The van der Waals surface area contributed by atoms with Crippen LogP contribution in [0.25, 0.3) is 0 Å². The van der Waals surface area contributed by atoms with Crippen molar-refractivity contribution in [1.82, 2.24) is 4.31 Å². The summed E-state index contributed by atoms with van der Waals surface area (Å²) >= 11 is 0. The van der Waals surface area contributed by atoms with E-state index in [0.29, 0.717) is 0 Å². The number of rotatable bonds is 12. The van der Waals surface area contributed by atoms with Crippen LogP contribution in [0.15, 0.2) is 12.2 Å². The molecule has 0 rings (SSSR count). The summed E-state index contributed by atoms with van der Waals surface area (Å²) in [7, 11) is -7.69. The van der Waals surface area contributed by atoms with Crippen molar-refractivity contribution in [3.05, 3.63) is 12.2 Å². The molecule has 0 aliphatic rings. The van der Waals surface area contributed by atoms with E-state index in [-0.39, 0.29) is 7.05 Å². The van der Waals surface area contributed by atoms with Crippen molar-refractivity contribution in [3.63, 3.8) is 0 Å². The highest BCUT2D eigenvalue weighted by Gasteiger charge is 2.96. The number of carbonyl (C=O) groups excluding carboxylic acids is 1. The van der Waals surface area contributed by atoms with Gasteiger partial charge in [-0.05, 0) is 12.0 Å². The van der Waals surface area contributed by atoms with Crippen LogP contribution in [-0.2, 0) is 14.8 Å². The summed E-state index contributed by atoms with van der Waals surface area (Å²) in [6.45, 7) is 0.944. The van der Waals surface area contributed by atoms with Crippen LogP contribution in [0.1, 0.15) is 6.42 Å². The molecule has 0 heterocycles. The molecule has 23 heteroatoms. The quantitative estimate of drug-likeness (QED) is 0.248. The van der Waals surface area contributed by atoms with Crippen LogP contribution in [0.4, 0.5) is 74.6 Å². The molecule has 0 fully saturated rings. The standard InChI is InChI=1S/C14H10F17NO4S/c1-5(6(33)34)3-4-32(2)37(35,36)14(30,31)12(25,26)10(21,22)8(17,18)7(15,16)9(19,20)11(23,24)13(27,28)29/h1,3-4H2,2H3,(H,33,34)/p-1. The molecule has 0 amide bonds. The van der Waals surface area contributed by atoms with E-state index in [1.165, 1.54) is 0 Å². The van der Waals surface area contributed by atoms with E-state index < -0.39 is 85.8 Å². The van der Waals surface area contributed by atoms with Gasteiger partial charge in [-0.25, -0.2) is 8.42 Å². The van der Waals surface area contributed by atoms with Gasteiger partial charge in [0, 0.05) is 13.6 Å². The first-order valence-corrected chi connectivity index (χ1v) is 9.75. The third kappa shape index (κ3) is 4.80. The number of carbonyl (C=O) groups is 1. The lowest BCUT2D eigenvalue weighted by molar-refractivity contribution is -0.458. The Kier molecular flexibility index (Phi) is 8.77. The van der Waals surface area contributed by atoms with Crippen LogP contribution < -0.4 is 5.11 Å². The monoisotopic (exact) mass is 610 g/mol. The number of sulfonamides is 1. The molecule has 0 aromatic carbocycles. The SMILES string of the molecule is C=C(CCN(C)S(=O)(=O)C(F)(F)C(F)(F)C(F)(F)C(F)(F)C(F)(F)C(F)(F)C(F)(F)C(F)(F)F)C(=O)[O-]. The molecule has 0 saturated carbocycles. The Labute approximate surface area is 193 Å². The van der Waals surface area contributed by atoms with E-state index in [4.69, 9.17) is 0 Å². The Bertz CT molecular complexity index is 1000. The minimum Gasteiger partial charge on any atom is -0.545 e. The van der Waals surface area contributed by atoms with Gasteiger partial charge in [-0.3, -0.25) is 0 Å². The van der Waals surface area contributed by atoms with E-state index in [1.807, 2.05) is 0 Å². The number of hydrogen-bond acceptors (Lipinski definition) is 4. The average Bonchev–Trinajstić information content (AvgIpc) is 2.69. The summed E-state index contributed by atoms with van der Waals surface area (Å²) in [5.41, 5.74) is -1.15. The molecule has 220 valence electrons. The minimum atomic E-state index is -8.93. The van der Waals surface area contributed by atoms with Crippen LogP contribution in [0.5, 0.6) is 0 Å². The highest BCUT2D eigenvalue weighted by Crippen LogP contribution is 2.64. The van der Waals surface area contributed by atoms with Crippen molar-refractivity contribution < 1.29 is 93.0 Å². The van der Waals surface area contributed by atoms with Crippen LogP contribution in [0.2, 0.25) is 0 Å². The summed E-state index contributed by atoms with van der Waals surface area (Å²) in [4.78, 5) is 10.4. The molecule has 0 aromatic heterocycles. The van der Waals surface area contributed by atoms with E-state index in [2.05, 4.69) is 6.58 Å². The number of halogens is 17. The van der Waals surface area contributed by atoms with E-state index >= 15 is 0 Å². The molecule has 0 spiro atoms. The van der Waals surface area contributed by atoms with Crippen LogP contribution >= 0.6 is 0 Å². The predicted octanol–water partition coefficient (Wildman–Crippen LogP) is 3.91. The molecule has 0 aliphatic carbocycles. The fourth-order valence-corrected chi connectivity index (χ4v) is 3.20. The molecule has 0 aromatic rings. The second-order valence-electron chi connectivity index (χ2n) is 6.93. The molecule has 0 radical (unpaired) electrons. The average molecular weight is 610 g/mol. The zero-order valence-electron chi connectivity index (χ0n) is 17.0. The first-order valence-electron chi connectivity index (χ1n) is 8.31. The fraction of sp³-hybridized carbons (Fsp3) is 0.786. The first-order chi connectivity index (χ1) is 15.7. The summed E-state index contributed by atoms with van der Waals surface area (Å²) < 4.78 is 247. The van der Waals surface area contributed by atoms with Crippen molar-refractivity contribution in [1.29, 1.82) is 0 Å². The maximum atomic E-state index is 13.9. The van der Waals surface area contributed by atoms with E-state index in [0.717, 1.165) is 0 Å². The van der Waals surface area contributed by atoms with Gasteiger partial charge in [0.2, 0.25) is 0 Å². The Morgan fingerprint density at radius 1 is 0.676 bits per heavy atom. The lowest BCUT2D eigenvalue weighted by atomic mass is 9.91. The summed E-state index contributed by atoms with van der Waals surface area (Å²) in [6.07, 6.45) is -9.22. The number of alkyl halides is 17. The molecule has 0 bridgehead atoms. The van der Waals surface area contributed by atoms with Crippen molar-refractivity contribution in [3.8, 4) is 0 Å². The molecule has 37 heavy (non-hydrogen) atoms. The van der Waals surface area contributed by atoms with Gasteiger partial charge in [-0.2, -0.15) is 78.9 Å². The lowest BCUT2D eigenvalue weighted by Gasteiger charge is -2.42. The highest BCUT2D eigenvalue weighted by molar-refractivity contribution is 7.90. The Morgan fingerprint density at radius 3 is 1.27 bits per heavy atom. The number of carboxylic acids is 1. The molecule has 0 aliphatic heterocycles. The largest absolute Gasteiger partial charge is 0.545 e. The van der Waals surface area contributed by atoms with Crippen molar-refractivity contribution in [2.24, 2.45) is 0 Å². The van der Waals surface area contributed by atoms with Crippen LogP contribution in [0, 0.1) is 0 Å². The summed E-state index contributed by atoms with van der Waals surface area (Å²) in [5.74, 6) is -54.3. The Morgan fingerprint density at radius 2 is 0.973 bits per heavy atom. The maximum absolute atomic E-state index is 13.9. The normalized spacial score (nSPS) is 15.8. The smallest absolute Gasteiger partial charge is 0.460 e. The molecule has 0 atom stereocenters. The predicted molar refractivity (Wildman–Crippen MR) is 81.0 cm³/mol. The fourth-order valence-electron chi connectivity index (χ4n) is 2.02. The molecule has 5 nitrogen and oxygen atoms in total. The van der Waals surface area contributed by atoms with Crippen LogP contribution in [0.3, 0.4) is 0 Å². The zero-order valence-corrected chi connectivity index (χ0v) is 17.9. The Balaban J connectivity index is 6.80. The van der Waals surface area contributed by atoms with Gasteiger partial charge in [0.15, 0.2) is 0 Å². The highest BCUT2D eigenvalue weighted by atomic mass is 32.2. The van der Waals surface area contributed by atoms with Crippen molar-refractivity contribution in [2.45, 2.75) is 53.4 Å². The number of hydrogen-bond donors (Lipinski definition) is 0. The van der Waals surface area contributed by atoms with Crippen molar-refractivity contribution in [2.75, 3.05) is 13.6 Å². The van der Waals surface area contributed by atoms with Crippen molar-refractivity contribution >= 4 is 16.0 Å². The van der Waals surface area contributed by atoms with E-state index in [9.17, 15) is 93.0 Å². The third-order valence-corrected chi connectivity index (χ3v) is 6.35. The summed E-state index contributed by atoms with van der Waals surface area (Å²) in [6, 6.07) is 0. The Hall–Kier alpha value is -2.07. The van der Waals surface area contributed by atoms with Gasteiger partial charge in [0.25, 0.3) is 10.0 Å². The summed E-state index contributed by atoms with van der Waals surface area (Å²) in [5, 5.41) is 2.68. The first kappa shape index (κ1) is 34.9. The van der Waals surface area contributed by atoms with Gasteiger partial charge < -0.3 is 9.90 Å². The second-order valence-corrected chi connectivity index (χ2v) is 9.01. The lowest BCUT2D eigenvalue weighted by Crippen LogP contribution is -2.75. The van der Waals surface area contributed by atoms with Gasteiger partial charge in [-0.1, -0.05) is 6.58 Å². The molecular weight excluding hydrogens is 601 g/mol. The molecular formula is C14H9F17NO4S-. The second kappa shape index (κ2) is 9.29. The van der Waals surface area contributed by atoms with Gasteiger partial charge in [0.05, 0.1) is 5.97 Å². The van der Waals surface area contributed by atoms with E-state index in [1.54, 1.807) is 0 Å². The zero-order chi connectivity index (χ0) is 30.6. The number of carboxylic acid groups (broad SMARTS) is 1. The van der Waals surface area contributed by atoms with Gasteiger partial charge >= 0.3 is 47.0 Å².